The van der Waals surface area contributed by atoms with E-state index in [1.165, 1.54) is 11.5 Å². The molecule has 0 unspecified atom stereocenters. The van der Waals surface area contributed by atoms with Gasteiger partial charge in [0.2, 0.25) is 5.01 Å². The molecule has 1 aliphatic rings. The third kappa shape index (κ3) is 4.21. The molecule has 110 valence electrons. The van der Waals surface area contributed by atoms with Crippen molar-refractivity contribution in [3.63, 3.8) is 0 Å². The largest absolute Gasteiger partial charge is 0.461 e. The zero-order valence-electron chi connectivity index (χ0n) is 11.4. The van der Waals surface area contributed by atoms with Gasteiger partial charge < -0.3 is 10.1 Å². The molecular formula is C13H18N2O3S2. The van der Waals surface area contributed by atoms with Crippen molar-refractivity contribution < 1.29 is 14.3 Å². The van der Waals surface area contributed by atoms with Crippen LogP contribution < -0.4 is 5.32 Å². The summed E-state index contributed by atoms with van der Waals surface area (Å²) in [6.07, 6.45) is 2.30. The molecule has 0 aromatic carbocycles. The molecule has 1 fully saturated rings. The normalized spacial score (nSPS) is 15.8. The first-order valence-electron chi connectivity index (χ1n) is 6.69. The molecule has 0 aliphatic carbocycles. The number of amides is 1. The van der Waals surface area contributed by atoms with E-state index in [0.29, 0.717) is 24.8 Å². The zero-order valence-corrected chi connectivity index (χ0v) is 13.0. The molecule has 0 spiro atoms. The van der Waals surface area contributed by atoms with Gasteiger partial charge in [0.1, 0.15) is 5.69 Å². The van der Waals surface area contributed by atoms with E-state index in [1.807, 2.05) is 11.8 Å². The van der Waals surface area contributed by atoms with Crippen LogP contribution in [0.1, 0.15) is 40.1 Å². The van der Waals surface area contributed by atoms with Crippen molar-refractivity contribution in [2.45, 2.75) is 19.8 Å². The SMILES string of the molecule is CCOC(=O)c1nc(C(=O)NCC2CCSCC2)cs1. The molecule has 5 nitrogen and oxygen atoms in total. The number of nitrogens with zero attached hydrogens (tertiary/aromatic N) is 1. The summed E-state index contributed by atoms with van der Waals surface area (Å²) in [6.45, 7) is 2.73. The van der Waals surface area contributed by atoms with Gasteiger partial charge in [-0.1, -0.05) is 0 Å². The molecule has 1 aliphatic heterocycles. The fraction of sp³-hybridized carbons (Fsp3) is 0.615. The van der Waals surface area contributed by atoms with Crippen molar-refractivity contribution in [2.24, 2.45) is 5.92 Å². The number of carbonyl (C=O) groups excluding carboxylic acids is 2. The number of esters is 1. The van der Waals surface area contributed by atoms with Crippen molar-refractivity contribution in [1.82, 2.24) is 10.3 Å². The Morgan fingerprint density at radius 1 is 1.45 bits per heavy atom. The number of nitrogens with one attached hydrogen (secondary N) is 1. The van der Waals surface area contributed by atoms with Gasteiger partial charge in [-0.3, -0.25) is 4.79 Å². The second kappa shape index (κ2) is 7.64. The molecule has 7 heteroatoms. The first-order chi connectivity index (χ1) is 9.70. The first kappa shape index (κ1) is 15.3. The smallest absolute Gasteiger partial charge is 0.367 e. The van der Waals surface area contributed by atoms with Crippen LogP contribution in [-0.2, 0) is 4.74 Å². The lowest BCUT2D eigenvalue weighted by Gasteiger charge is -2.21. The Hall–Kier alpha value is -1.08. The van der Waals surface area contributed by atoms with Crippen molar-refractivity contribution in [3.8, 4) is 0 Å². The molecule has 1 aromatic heterocycles. The Balaban J connectivity index is 1.84. The van der Waals surface area contributed by atoms with Crippen molar-refractivity contribution in [3.05, 3.63) is 16.1 Å². The number of rotatable bonds is 5. The number of aromatic nitrogens is 1. The second-order valence-electron chi connectivity index (χ2n) is 4.52. The number of hydrogen-bond donors (Lipinski definition) is 1. The van der Waals surface area contributed by atoms with Gasteiger partial charge in [0, 0.05) is 11.9 Å². The maximum absolute atomic E-state index is 12.0. The van der Waals surface area contributed by atoms with Gasteiger partial charge in [-0.05, 0) is 37.2 Å². The summed E-state index contributed by atoms with van der Waals surface area (Å²) in [5.74, 6) is 2.22. The lowest BCUT2D eigenvalue weighted by atomic mass is 10.0. The van der Waals surface area contributed by atoms with Crippen LogP contribution in [0.25, 0.3) is 0 Å². The van der Waals surface area contributed by atoms with Gasteiger partial charge in [-0.2, -0.15) is 11.8 Å². The Morgan fingerprint density at radius 3 is 2.90 bits per heavy atom. The molecule has 1 aromatic rings. The Bertz CT molecular complexity index is 470. The minimum Gasteiger partial charge on any atom is -0.461 e. The fourth-order valence-corrected chi connectivity index (χ4v) is 3.84. The molecule has 1 N–H and O–H groups in total. The van der Waals surface area contributed by atoms with Crippen LogP contribution >= 0.6 is 23.1 Å². The average molecular weight is 314 g/mol. The number of carbonyl (C=O) groups is 2. The van der Waals surface area contributed by atoms with Gasteiger partial charge in [0.05, 0.1) is 6.61 Å². The lowest BCUT2D eigenvalue weighted by Crippen LogP contribution is -2.31. The number of thioether (sulfide) groups is 1. The third-order valence-corrected chi connectivity index (χ3v) is 4.95. The summed E-state index contributed by atoms with van der Waals surface area (Å²) in [5.41, 5.74) is 0.295. The third-order valence-electron chi connectivity index (χ3n) is 3.08. The zero-order chi connectivity index (χ0) is 14.4. The van der Waals surface area contributed by atoms with Gasteiger partial charge in [-0.25, -0.2) is 9.78 Å². The van der Waals surface area contributed by atoms with Crippen molar-refractivity contribution in [2.75, 3.05) is 24.7 Å². The summed E-state index contributed by atoms with van der Waals surface area (Å²) in [7, 11) is 0. The van der Waals surface area contributed by atoms with E-state index in [-0.39, 0.29) is 10.9 Å². The van der Waals surface area contributed by atoms with Crippen LogP contribution in [0.15, 0.2) is 5.38 Å². The Morgan fingerprint density at radius 2 is 2.20 bits per heavy atom. The summed E-state index contributed by atoms with van der Waals surface area (Å²) in [4.78, 5) is 27.5. The number of ether oxygens (including phenoxy) is 1. The molecule has 2 heterocycles. The van der Waals surface area contributed by atoms with E-state index in [9.17, 15) is 9.59 Å². The van der Waals surface area contributed by atoms with E-state index < -0.39 is 5.97 Å². The highest BCUT2D eigenvalue weighted by molar-refractivity contribution is 7.99. The summed E-state index contributed by atoms with van der Waals surface area (Å²) in [6, 6.07) is 0. The second-order valence-corrected chi connectivity index (χ2v) is 6.61. The maximum Gasteiger partial charge on any atom is 0.367 e. The average Bonchev–Trinajstić information content (AvgIpc) is 2.96. The minimum atomic E-state index is -0.471. The van der Waals surface area contributed by atoms with E-state index in [4.69, 9.17) is 4.74 Å². The standard InChI is InChI=1S/C13H18N2O3S2/c1-2-18-13(17)12-15-10(8-20-12)11(16)14-7-9-3-5-19-6-4-9/h8-9H,2-7H2,1H3,(H,14,16). The van der Waals surface area contributed by atoms with Crippen LogP contribution in [0.5, 0.6) is 0 Å². The maximum atomic E-state index is 12.0. The summed E-state index contributed by atoms with van der Waals surface area (Å²) < 4.78 is 4.85. The molecule has 0 bridgehead atoms. The van der Waals surface area contributed by atoms with Crippen molar-refractivity contribution in [1.29, 1.82) is 0 Å². The number of hydrogen-bond acceptors (Lipinski definition) is 6. The highest BCUT2D eigenvalue weighted by atomic mass is 32.2. The van der Waals surface area contributed by atoms with Crippen LogP contribution in [0, 0.1) is 5.92 Å². The molecule has 2 rings (SSSR count). The van der Waals surface area contributed by atoms with Crippen LogP contribution in [0.4, 0.5) is 0 Å². The monoisotopic (exact) mass is 314 g/mol. The van der Waals surface area contributed by atoms with E-state index in [1.54, 1.807) is 12.3 Å². The van der Waals surface area contributed by atoms with Crippen LogP contribution in [-0.4, -0.2) is 41.5 Å². The van der Waals surface area contributed by atoms with E-state index in [0.717, 1.165) is 24.2 Å². The fourth-order valence-electron chi connectivity index (χ4n) is 1.94. The van der Waals surface area contributed by atoms with Gasteiger partial charge in [0.25, 0.3) is 5.91 Å². The predicted molar refractivity (Wildman–Crippen MR) is 80.5 cm³/mol. The molecule has 20 heavy (non-hydrogen) atoms. The summed E-state index contributed by atoms with van der Waals surface area (Å²) >= 11 is 3.10. The minimum absolute atomic E-state index is 0.213. The van der Waals surface area contributed by atoms with Gasteiger partial charge >= 0.3 is 5.97 Å². The number of thiazole rings is 1. The molecular weight excluding hydrogens is 296 g/mol. The van der Waals surface area contributed by atoms with Crippen molar-refractivity contribution >= 4 is 35.0 Å². The topological polar surface area (TPSA) is 68.3 Å². The van der Waals surface area contributed by atoms with Gasteiger partial charge in [0.15, 0.2) is 0 Å². The molecule has 0 radical (unpaired) electrons. The van der Waals surface area contributed by atoms with E-state index >= 15 is 0 Å². The van der Waals surface area contributed by atoms with Crippen LogP contribution in [0.2, 0.25) is 0 Å². The van der Waals surface area contributed by atoms with Crippen LogP contribution in [0.3, 0.4) is 0 Å². The highest BCUT2D eigenvalue weighted by Crippen LogP contribution is 2.22. The Kier molecular flexibility index (Phi) is 5.85. The quantitative estimate of drug-likeness (QED) is 0.844. The Labute approximate surface area is 126 Å². The predicted octanol–water partition coefficient (Wildman–Crippen LogP) is 2.19. The molecule has 0 atom stereocenters. The summed E-state index contributed by atoms with van der Waals surface area (Å²) in [5, 5.41) is 4.72. The van der Waals surface area contributed by atoms with E-state index in [2.05, 4.69) is 10.3 Å². The molecule has 1 saturated heterocycles. The molecule has 1 amide bonds. The van der Waals surface area contributed by atoms with Gasteiger partial charge in [-0.15, -0.1) is 11.3 Å². The lowest BCUT2D eigenvalue weighted by molar-refractivity contribution is 0.0526. The first-order valence-corrected chi connectivity index (χ1v) is 8.72. The highest BCUT2D eigenvalue weighted by Gasteiger charge is 2.18. The molecule has 0 saturated carbocycles.